The van der Waals surface area contributed by atoms with Gasteiger partial charge in [0, 0.05) is 11.6 Å². The lowest BCUT2D eigenvalue weighted by molar-refractivity contribution is 0.102. The number of halogens is 3. The number of aryl methyl sites for hydroxylation is 1. The van der Waals surface area contributed by atoms with Crippen LogP contribution in [0.4, 0.5) is 5.69 Å². The zero-order valence-electron chi connectivity index (χ0n) is 17.2. The van der Waals surface area contributed by atoms with Crippen LogP contribution in [-0.2, 0) is 10.0 Å². The topological polar surface area (TPSA) is 87.3 Å². The summed E-state index contributed by atoms with van der Waals surface area (Å²) < 4.78 is 28.5. The number of hydrogen-bond acceptors (Lipinski definition) is 4. The minimum atomic E-state index is -3.87. The first-order valence-electron chi connectivity index (χ1n) is 9.78. The minimum absolute atomic E-state index is 0. The Bertz CT molecular complexity index is 1040. The van der Waals surface area contributed by atoms with Crippen molar-refractivity contribution in [1.82, 2.24) is 10.0 Å². The van der Waals surface area contributed by atoms with Crippen LogP contribution >= 0.6 is 35.6 Å². The van der Waals surface area contributed by atoms with Crippen molar-refractivity contribution in [3.63, 3.8) is 0 Å². The number of rotatable bonds is 6. The van der Waals surface area contributed by atoms with Crippen LogP contribution in [0, 0.1) is 12.8 Å². The minimum Gasteiger partial charge on any atom is -0.321 e. The monoisotopic (exact) mass is 505 g/mol. The molecule has 10 heteroatoms. The van der Waals surface area contributed by atoms with Gasteiger partial charge in [0.05, 0.1) is 15.7 Å². The molecule has 1 amide bonds. The van der Waals surface area contributed by atoms with E-state index in [0.717, 1.165) is 31.5 Å². The molecule has 1 atom stereocenters. The normalized spacial score (nSPS) is 15.7. The van der Waals surface area contributed by atoms with Crippen LogP contribution < -0.4 is 15.4 Å². The second-order valence-electron chi connectivity index (χ2n) is 7.51. The molecule has 31 heavy (non-hydrogen) atoms. The molecular weight excluding hydrogens is 481 g/mol. The average Bonchev–Trinajstić information content (AvgIpc) is 2.72. The zero-order chi connectivity index (χ0) is 21.9. The number of amides is 1. The molecule has 3 N–H and O–H groups in total. The molecule has 170 valence electrons. The fourth-order valence-electron chi connectivity index (χ4n) is 3.60. The molecule has 0 radical (unpaired) electrons. The summed E-state index contributed by atoms with van der Waals surface area (Å²) in [7, 11) is -3.87. The molecule has 3 rings (SSSR count). The summed E-state index contributed by atoms with van der Waals surface area (Å²) in [5.74, 6) is -0.0951. The number of carbonyl (C=O) groups is 1. The molecule has 1 fully saturated rings. The Balaban J connectivity index is 0.00000341. The lowest BCUT2D eigenvalue weighted by atomic mass is 9.92. The molecule has 0 aliphatic carbocycles. The number of hydrogen-bond donors (Lipinski definition) is 3. The average molecular weight is 507 g/mol. The van der Waals surface area contributed by atoms with Gasteiger partial charge in [-0.25, -0.2) is 13.1 Å². The molecule has 2 aromatic rings. The van der Waals surface area contributed by atoms with E-state index in [4.69, 9.17) is 23.2 Å². The number of sulfonamides is 1. The van der Waals surface area contributed by atoms with E-state index in [1.165, 1.54) is 12.1 Å². The number of piperidine rings is 1. The molecule has 0 aromatic heterocycles. The van der Waals surface area contributed by atoms with Crippen LogP contribution in [0.5, 0.6) is 0 Å². The third-order valence-electron chi connectivity index (χ3n) is 5.41. The van der Waals surface area contributed by atoms with Crippen LogP contribution in [0.25, 0.3) is 0 Å². The first kappa shape index (κ1) is 25.9. The van der Waals surface area contributed by atoms with E-state index in [2.05, 4.69) is 15.4 Å². The standard InChI is InChI=1S/C21H25Cl2N3O3S.ClH/c1-13-5-3-4-6-16(13)21(27)25-17-7-8-18(20(23)19(17)22)30(28,29)26-14(2)15-9-11-24-12-10-15;/h3-8,14-15,24,26H,9-12H2,1-2H3,(H,25,27);1H/t14-;/m1./s1. The third-order valence-corrected chi connectivity index (χ3v) is 8.00. The Labute approximate surface area is 199 Å². The van der Waals surface area contributed by atoms with Crippen LogP contribution in [0.1, 0.15) is 35.7 Å². The maximum Gasteiger partial charge on any atom is 0.255 e. The van der Waals surface area contributed by atoms with Crippen molar-refractivity contribution in [2.24, 2.45) is 5.92 Å². The summed E-state index contributed by atoms with van der Waals surface area (Å²) in [6.45, 7) is 5.44. The van der Waals surface area contributed by atoms with Gasteiger partial charge in [0.15, 0.2) is 0 Å². The maximum atomic E-state index is 12.9. The number of carbonyl (C=O) groups excluding carboxylic acids is 1. The molecular formula is C21H26Cl3N3O3S. The Hall–Kier alpha value is -1.35. The van der Waals surface area contributed by atoms with Crippen molar-refractivity contribution < 1.29 is 13.2 Å². The van der Waals surface area contributed by atoms with Crippen molar-refractivity contribution in [2.45, 2.75) is 37.6 Å². The summed E-state index contributed by atoms with van der Waals surface area (Å²) in [6.07, 6.45) is 1.81. The summed E-state index contributed by atoms with van der Waals surface area (Å²) in [6, 6.07) is 9.72. The fraction of sp³-hybridized carbons (Fsp3) is 0.381. The van der Waals surface area contributed by atoms with Crippen LogP contribution in [0.2, 0.25) is 10.0 Å². The van der Waals surface area contributed by atoms with Crippen LogP contribution in [-0.4, -0.2) is 33.5 Å². The lowest BCUT2D eigenvalue weighted by Crippen LogP contribution is -2.42. The quantitative estimate of drug-likeness (QED) is 0.532. The predicted molar refractivity (Wildman–Crippen MR) is 128 cm³/mol. The Morgan fingerprint density at radius 1 is 1.10 bits per heavy atom. The van der Waals surface area contributed by atoms with Crippen molar-refractivity contribution in [2.75, 3.05) is 18.4 Å². The lowest BCUT2D eigenvalue weighted by Gasteiger charge is -2.28. The first-order valence-corrected chi connectivity index (χ1v) is 12.0. The Morgan fingerprint density at radius 3 is 2.39 bits per heavy atom. The highest BCUT2D eigenvalue weighted by Gasteiger charge is 2.28. The molecule has 1 saturated heterocycles. The second kappa shape index (κ2) is 11.0. The highest BCUT2D eigenvalue weighted by molar-refractivity contribution is 7.89. The second-order valence-corrected chi connectivity index (χ2v) is 9.94. The van der Waals surface area contributed by atoms with Crippen molar-refractivity contribution in [3.05, 3.63) is 57.6 Å². The van der Waals surface area contributed by atoms with Crippen molar-refractivity contribution in [3.8, 4) is 0 Å². The van der Waals surface area contributed by atoms with E-state index in [-0.39, 0.29) is 50.9 Å². The van der Waals surface area contributed by atoms with Gasteiger partial charge >= 0.3 is 0 Å². The van der Waals surface area contributed by atoms with Crippen molar-refractivity contribution >= 4 is 57.2 Å². The smallest absolute Gasteiger partial charge is 0.255 e. The predicted octanol–water partition coefficient (Wildman–Crippen LogP) is 4.64. The van der Waals surface area contributed by atoms with Gasteiger partial charge in [0.1, 0.15) is 4.90 Å². The van der Waals surface area contributed by atoms with Gasteiger partial charge in [-0.1, -0.05) is 41.4 Å². The van der Waals surface area contributed by atoms with E-state index in [0.29, 0.717) is 5.56 Å². The molecule has 1 heterocycles. The van der Waals surface area contributed by atoms with E-state index in [1.807, 2.05) is 26.0 Å². The van der Waals surface area contributed by atoms with Crippen LogP contribution in [0.15, 0.2) is 41.3 Å². The highest BCUT2D eigenvalue weighted by Crippen LogP contribution is 2.36. The van der Waals surface area contributed by atoms with Crippen molar-refractivity contribution in [1.29, 1.82) is 0 Å². The van der Waals surface area contributed by atoms with E-state index >= 15 is 0 Å². The van der Waals surface area contributed by atoms with Gasteiger partial charge in [-0.3, -0.25) is 4.79 Å². The van der Waals surface area contributed by atoms with Gasteiger partial charge in [0.2, 0.25) is 10.0 Å². The van der Waals surface area contributed by atoms with E-state index in [9.17, 15) is 13.2 Å². The number of nitrogens with one attached hydrogen (secondary N) is 3. The van der Waals surface area contributed by atoms with E-state index < -0.39 is 10.0 Å². The Kier molecular flexibility index (Phi) is 9.18. The van der Waals surface area contributed by atoms with Crippen LogP contribution in [0.3, 0.4) is 0 Å². The third kappa shape index (κ3) is 6.12. The van der Waals surface area contributed by atoms with Gasteiger partial charge in [-0.05, 0) is 69.5 Å². The highest BCUT2D eigenvalue weighted by atomic mass is 35.5. The molecule has 0 saturated carbocycles. The summed E-state index contributed by atoms with van der Waals surface area (Å²) in [5, 5.41) is 5.83. The van der Waals surface area contributed by atoms with Gasteiger partial charge in [-0.2, -0.15) is 0 Å². The molecule has 1 aliphatic rings. The molecule has 1 aliphatic heterocycles. The fourth-order valence-corrected chi connectivity index (χ4v) is 5.73. The number of benzene rings is 2. The molecule has 2 aromatic carbocycles. The molecule has 6 nitrogen and oxygen atoms in total. The largest absolute Gasteiger partial charge is 0.321 e. The summed E-state index contributed by atoms with van der Waals surface area (Å²) in [4.78, 5) is 12.4. The number of anilines is 1. The molecule has 0 bridgehead atoms. The van der Waals surface area contributed by atoms with Gasteiger partial charge in [-0.15, -0.1) is 12.4 Å². The molecule has 0 unspecified atom stereocenters. The SMILES string of the molecule is Cc1ccccc1C(=O)Nc1ccc(S(=O)(=O)N[C@H](C)C2CCNCC2)c(Cl)c1Cl.Cl. The molecule has 0 spiro atoms. The summed E-state index contributed by atoms with van der Waals surface area (Å²) >= 11 is 12.6. The zero-order valence-corrected chi connectivity index (χ0v) is 20.4. The summed E-state index contributed by atoms with van der Waals surface area (Å²) in [5.41, 5.74) is 1.56. The Morgan fingerprint density at radius 2 is 1.74 bits per heavy atom. The maximum absolute atomic E-state index is 12.9. The van der Waals surface area contributed by atoms with Gasteiger partial charge < -0.3 is 10.6 Å². The first-order chi connectivity index (χ1) is 14.2. The van der Waals surface area contributed by atoms with Gasteiger partial charge in [0.25, 0.3) is 5.91 Å². The van der Waals surface area contributed by atoms with E-state index in [1.54, 1.807) is 12.1 Å².